The molecule has 0 saturated carbocycles. The second kappa shape index (κ2) is 7.66. The Morgan fingerprint density at radius 3 is 2.32 bits per heavy atom. The van der Waals surface area contributed by atoms with Gasteiger partial charge in [-0.05, 0) is 56.8 Å². The molecule has 1 rings (SSSR count). The van der Waals surface area contributed by atoms with E-state index in [0.29, 0.717) is 12.0 Å². The first-order chi connectivity index (χ1) is 8.93. The van der Waals surface area contributed by atoms with Crippen LogP contribution in [0.15, 0.2) is 18.2 Å². The van der Waals surface area contributed by atoms with Crippen molar-refractivity contribution in [1.82, 2.24) is 5.32 Å². The SMILES string of the molecule is CNC(COC(C)CC(C)C)c1ccc(C)c(C)c1. The Balaban J connectivity index is 2.60. The summed E-state index contributed by atoms with van der Waals surface area (Å²) in [6.45, 7) is 11.7. The fourth-order valence-corrected chi connectivity index (χ4v) is 2.32. The summed E-state index contributed by atoms with van der Waals surface area (Å²) in [6.07, 6.45) is 1.44. The van der Waals surface area contributed by atoms with Crippen LogP contribution >= 0.6 is 0 Å². The summed E-state index contributed by atoms with van der Waals surface area (Å²) in [6, 6.07) is 6.91. The average Bonchev–Trinajstić information content (AvgIpc) is 2.33. The molecule has 1 aromatic carbocycles. The third-order valence-corrected chi connectivity index (χ3v) is 3.63. The summed E-state index contributed by atoms with van der Waals surface area (Å²) in [5.41, 5.74) is 3.99. The minimum Gasteiger partial charge on any atom is -0.377 e. The number of ether oxygens (including phenoxy) is 1. The molecular formula is C17H29NO. The van der Waals surface area contributed by atoms with Gasteiger partial charge in [-0.15, -0.1) is 0 Å². The average molecular weight is 263 g/mol. The van der Waals surface area contributed by atoms with Crippen molar-refractivity contribution in [2.75, 3.05) is 13.7 Å². The standard InChI is InChI=1S/C17H29NO/c1-12(2)9-15(5)19-11-17(18-6)16-8-7-13(3)14(4)10-16/h7-8,10,12,15,17-18H,9,11H2,1-6H3. The zero-order chi connectivity index (χ0) is 14.4. The van der Waals surface area contributed by atoms with E-state index in [1.165, 1.54) is 16.7 Å². The number of rotatable bonds is 7. The first-order valence-corrected chi connectivity index (χ1v) is 7.30. The number of aryl methyl sites for hydroxylation is 2. The summed E-state index contributed by atoms with van der Waals surface area (Å²) in [5, 5.41) is 3.35. The van der Waals surface area contributed by atoms with Crippen LogP contribution in [0.3, 0.4) is 0 Å². The van der Waals surface area contributed by atoms with Crippen molar-refractivity contribution in [3.05, 3.63) is 34.9 Å². The fourth-order valence-electron chi connectivity index (χ4n) is 2.32. The fraction of sp³-hybridized carbons (Fsp3) is 0.647. The van der Waals surface area contributed by atoms with Gasteiger partial charge in [0.1, 0.15) is 0 Å². The van der Waals surface area contributed by atoms with Gasteiger partial charge in [-0.3, -0.25) is 0 Å². The molecule has 19 heavy (non-hydrogen) atoms. The number of hydrogen-bond donors (Lipinski definition) is 1. The number of likely N-dealkylation sites (N-methyl/N-ethyl adjacent to an activating group) is 1. The lowest BCUT2D eigenvalue weighted by molar-refractivity contribution is 0.0382. The van der Waals surface area contributed by atoms with E-state index in [0.717, 1.165) is 13.0 Å². The van der Waals surface area contributed by atoms with Gasteiger partial charge in [-0.25, -0.2) is 0 Å². The molecule has 0 amide bonds. The summed E-state index contributed by atoms with van der Waals surface area (Å²) < 4.78 is 5.97. The van der Waals surface area contributed by atoms with Gasteiger partial charge in [-0.2, -0.15) is 0 Å². The molecular weight excluding hydrogens is 234 g/mol. The van der Waals surface area contributed by atoms with Crippen LogP contribution in [0.1, 0.15) is 49.9 Å². The number of benzene rings is 1. The van der Waals surface area contributed by atoms with Gasteiger partial charge < -0.3 is 10.1 Å². The minimum absolute atomic E-state index is 0.272. The molecule has 0 saturated heterocycles. The Morgan fingerprint density at radius 1 is 1.11 bits per heavy atom. The summed E-state index contributed by atoms with van der Waals surface area (Å²) in [4.78, 5) is 0. The van der Waals surface area contributed by atoms with Crippen molar-refractivity contribution in [3.63, 3.8) is 0 Å². The van der Waals surface area contributed by atoms with Gasteiger partial charge in [-0.1, -0.05) is 32.0 Å². The second-order valence-electron chi connectivity index (χ2n) is 5.96. The highest BCUT2D eigenvalue weighted by Gasteiger charge is 2.13. The molecule has 0 spiro atoms. The highest BCUT2D eigenvalue weighted by atomic mass is 16.5. The Kier molecular flexibility index (Phi) is 6.53. The largest absolute Gasteiger partial charge is 0.377 e. The van der Waals surface area contributed by atoms with Crippen molar-refractivity contribution in [2.24, 2.45) is 5.92 Å². The monoisotopic (exact) mass is 263 g/mol. The van der Waals surface area contributed by atoms with Crippen molar-refractivity contribution < 1.29 is 4.74 Å². The molecule has 2 heteroatoms. The summed E-state index contributed by atoms with van der Waals surface area (Å²) in [7, 11) is 2.00. The molecule has 0 aliphatic heterocycles. The molecule has 2 nitrogen and oxygen atoms in total. The highest BCUT2D eigenvalue weighted by Crippen LogP contribution is 2.18. The maximum atomic E-state index is 5.97. The predicted molar refractivity (Wildman–Crippen MR) is 82.6 cm³/mol. The Morgan fingerprint density at radius 2 is 1.79 bits per heavy atom. The first-order valence-electron chi connectivity index (χ1n) is 7.30. The molecule has 2 unspecified atom stereocenters. The quantitative estimate of drug-likeness (QED) is 0.802. The Bertz CT molecular complexity index is 387. The minimum atomic E-state index is 0.272. The van der Waals surface area contributed by atoms with Crippen LogP contribution in [0.4, 0.5) is 0 Å². The van der Waals surface area contributed by atoms with E-state index in [4.69, 9.17) is 4.74 Å². The molecule has 0 aliphatic rings. The van der Waals surface area contributed by atoms with E-state index >= 15 is 0 Å². The smallest absolute Gasteiger partial charge is 0.0665 e. The molecule has 0 aliphatic carbocycles. The lowest BCUT2D eigenvalue weighted by atomic mass is 10.0. The maximum Gasteiger partial charge on any atom is 0.0665 e. The third kappa shape index (κ3) is 5.33. The maximum absolute atomic E-state index is 5.97. The lowest BCUT2D eigenvalue weighted by Crippen LogP contribution is -2.25. The topological polar surface area (TPSA) is 21.3 Å². The van der Waals surface area contributed by atoms with Crippen LogP contribution in [-0.4, -0.2) is 19.8 Å². The molecule has 1 aromatic rings. The second-order valence-corrected chi connectivity index (χ2v) is 5.96. The Labute approximate surface area is 118 Å². The van der Waals surface area contributed by atoms with Gasteiger partial charge in [0, 0.05) is 0 Å². The van der Waals surface area contributed by atoms with Crippen molar-refractivity contribution in [1.29, 1.82) is 0 Å². The van der Waals surface area contributed by atoms with Crippen LogP contribution in [-0.2, 0) is 4.74 Å². The van der Waals surface area contributed by atoms with Crippen molar-refractivity contribution in [2.45, 2.75) is 53.2 Å². The van der Waals surface area contributed by atoms with Gasteiger partial charge in [0.25, 0.3) is 0 Å². The predicted octanol–water partition coefficient (Wildman–Crippen LogP) is 4.02. The molecule has 0 heterocycles. The summed E-state index contributed by atoms with van der Waals surface area (Å²) in [5.74, 6) is 0.685. The molecule has 1 N–H and O–H groups in total. The van der Waals surface area contributed by atoms with Crippen molar-refractivity contribution >= 4 is 0 Å². The van der Waals surface area contributed by atoms with Crippen LogP contribution < -0.4 is 5.32 Å². The van der Waals surface area contributed by atoms with E-state index in [2.05, 4.69) is 58.1 Å². The molecule has 0 aromatic heterocycles. The van der Waals surface area contributed by atoms with E-state index in [-0.39, 0.29) is 6.04 Å². The molecule has 0 fully saturated rings. The Hall–Kier alpha value is -0.860. The van der Waals surface area contributed by atoms with E-state index in [1.807, 2.05) is 7.05 Å². The van der Waals surface area contributed by atoms with Crippen LogP contribution in [0, 0.1) is 19.8 Å². The van der Waals surface area contributed by atoms with E-state index in [1.54, 1.807) is 0 Å². The van der Waals surface area contributed by atoms with E-state index < -0.39 is 0 Å². The van der Waals surface area contributed by atoms with Gasteiger partial charge in [0.15, 0.2) is 0 Å². The highest BCUT2D eigenvalue weighted by molar-refractivity contribution is 5.31. The van der Waals surface area contributed by atoms with Gasteiger partial charge in [0.2, 0.25) is 0 Å². The number of nitrogens with one attached hydrogen (secondary N) is 1. The van der Waals surface area contributed by atoms with E-state index in [9.17, 15) is 0 Å². The van der Waals surface area contributed by atoms with Gasteiger partial charge >= 0.3 is 0 Å². The molecule has 0 radical (unpaired) electrons. The molecule has 108 valence electrons. The zero-order valence-corrected chi connectivity index (χ0v) is 13.3. The van der Waals surface area contributed by atoms with Crippen LogP contribution in [0.25, 0.3) is 0 Å². The van der Waals surface area contributed by atoms with Crippen molar-refractivity contribution in [3.8, 4) is 0 Å². The molecule has 0 bridgehead atoms. The number of hydrogen-bond acceptors (Lipinski definition) is 2. The normalized spacial score (nSPS) is 14.7. The summed E-state index contributed by atoms with van der Waals surface area (Å²) >= 11 is 0. The van der Waals surface area contributed by atoms with Crippen LogP contribution in [0.2, 0.25) is 0 Å². The first kappa shape index (κ1) is 16.2. The third-order valence-electron chi connectivity index (χ3n) is 3.63. The molecule has 2 atom stereocenters. The van der Waals surface area contributed by atoms with Gasteiger partial charge in [0.05, 0.1) is 18.8 Å². The van der Waals surface area contributed by atoms with Crippen LogP contribution in [0.5, 0.6) is 0 Å². The lowest BCUT2D eigenvalue weighted by Gasteiger charge is -2.21. The zero-order valence-electron chi connectivity index (χ0n) is 13.3.